The third-order valence-corrected chi connectivity index (χ3v) is 27.4. The van der Waals surface area contributed by atoms with Gasteiger partial charge in [0.1, 0.15) is 23.9 Å². The van der Waals surface area contributed by atoms with Crippen molar-refractivity contribution in [1.29, 1.82) is 0 Å². The minimum atomic E-state index is -0.414. The molecular weight excluding hydrogens is 1850 g/mol. The minimum Gasteiger partial charge on any atom is -0.479 e. The molecule has 0 spiro atoms. The van der Waals surface area contributed by atoms with E-state index in [1.54, 1.807) is 12.7 Å². The van der Waals surface area contributed by atoms with Crippen molar-refractivity contribution < 1.29 is 34.1 Å². The zero-order valence-electron chi connectivity index (χ0n) is 85.0. The van der Waals surface area contributed by atoms with E-state index in [9.17, 15) is 29.4 Å². The Morgan fingerprint density at radius 2 is 0.785 bits per heavy atom. The number of aliphatic hydroxyl groups excluding tert-OH is 1. The van der Waals surface area contributed by atoms with Gasteiger partial charge in [0.25, 0.3) is 0 Å². The Kier molecular flexibility index (Phi) is 25.4. The van der Waals surface area contributed by atoms with Crippen LogP contribution in [-0.2, 0) is 10.8 Å². The smallest absolute Gasteiger partial charge is 0.320 e. The van der Waals surface area contributed by atoms with E-state index in [4.69, 9.17) is 24.7 Å². The van der Waals surface area contributed by atoms with Gasteiger partial charge >= 0.3 is 6.01 Å². The van der Waals surface area contributed by atoms with E-state index in [0.29, 0.717) is 102 Å². The molecule has 24 rings (SSSR count). The number of aryl methyl sites for hydroxylation is 9. The highest BCUT2D eigenvalue weighted by Gasteiger charge is 2.37. The van der Waals surface area contributed by atoms with Gasteiger partial charge in [0.15, 0.2) is 28.9 Å². The number of carbonyl (C=O) groups is 4. The Labute approximate surface area is 861 Å². The highest BCUT2D eigenvalue weighted by molar-refractivity contribution is 6.31. The Morgan fingerprint density at radius 1 is 0.289 bits per heavy atom. The molecular formula is C124H106N18O7. The van der Waals surface area contributed by atoms with Crippen LogP contribution < -0.4 is 42.0 Å². The van der Waals surface area contributed by atoms with Crippen molar-refractivity contribution in [3.63, 3.8) is 0 Å². The molecule has 20 aromatic rings. The molecule has 0 saturated heterocycles. The predicted octanol–water partition coefficient (Wildman–Crippen LogP) is 28.0. The molecule has 5 heterocycles. The number of benzene rings is 15. The van der Waals surface area contributed by atoms with Crippen LogP contribution >= 0.6 is 0 Å². The number of fused-ring (bicyclic) bond motifs is 8. The molecule has 0 atom stereocenters. The third kappa shape index (κ3) is 18.8. The lowest BCUT2D eigenvalue weighted by Gasteiger charge is -2.24. The van der Waals surface area contributed by atoms with Crippen molar-refractivity contribution in [2.45, 2.75) is 115 Å². The van der Waals surface area contributed by atoms with Crippen molar-refractivity contribution in [1.82, 2.24) is 54.8 Å². The fourth-order valence-electron chi connectivity index (χ4n) is 19.8. The van der Waals surface area contributed by atoms with Crippen LogP contribution in [0.5, 0.6) is 17.5 Å². The monoisotopic (exact) mass is 1960 g/mol. The van der Waals surface area contributed by atoms with E-state index in [1.807, 2.05) is 247 Å². The van der Waals surface area contributed by atoms with Crippen LogP contribution in [0.25, 0.3) is 99.8 Å². The zero-order chi connectivity index (χ0) is 104. The number of aromatic hydroxyl groups is 1. The van der Waals surface area contributed by atoms with Gasteiger partial charge in [0.2, 0.25) is 23.8 Å². The summed E-state index contributed by atoms with van der Waals surface area (Å²) in [5, 5.41) is 45.9. The molecule has 4 aliphatic rings. The lowest BCUT2D eigenvalue weighted by molar-refractivity contribution is 0.103. The summed E-state index contributed by atoms with van der Waals surface area (Å²) in [6, 6.07) is 90.3. The molecule has 0 bridgehead atoms. The van der Waals surface area contributed by atoms with Gasteiger partial charge in [0, 0.05) is 129 Å². The number of carbonyl (C=O) groups excluding carboxylic acids is 4. The van der Waals surface area contributed by atoms with Gasteiger partial charge in [-0.25, -0.2) is 39.9 Å². The number of ether oxygens (including phenoxy) is 1. The number of ketones is 4. The molecule has 9 N–H and O–H groups in total. The van der Waals surface area contributed by atoms with E-state index < -0.39 is 6.01 Å². The molecule has 734 valence electrons. The van der Waals surface area contributed by atoms with Crippen LogP contribution in [-0.4, -0.2) is 101 Å². The van der Waals surface area contributed by atoms with Crippen molar-refractivity contribution in [2.75, 3.05) is 50.4 Å². The van der Waals surface area contributed by atoms with Gasteiger partial charge < -0.3 is 52.2 Å². The second-order valence-corrected chi connectivity index (χ2v) is 40.1. The summed E-state index contributed by atoms with van der Waals surface area (Å²) < 4.78 is 6.51. The molecule has 0 radical (unpaired) electrons. The van der Waals surface area contributed by atoms with E-state index in [-0.39, 0.29) is 52.5 Å². The van der Waals surface area contributed by atoms with Crippen LogP contribution in [0.2, 0.25) is 0 Å². The summed E-state index contributed by atoms with van der Waals surface area (Å²) in [6.45, 7) is 31.8. The van der Waals surface area contributed by atoms with Crippen LogP contribution in [0.15, 0.2) is 292 Å². The molecule has 25 heteroatoms. The molecule has 0 unspecified atom stereocenters. The maximum absolute atomic E-state index is 13.9. The minimum absolute atomic E-state index is 0.00705. The lowest BCUT2D eigenvalue weighted by atomic mass is 9.83. The number of aliphatic hydroxyl groups is 1. The van der Waals surface area contributed by atoms with Gasteiger partial charge in [-0.2, -0.15) is 15.0 Å². The van der Waals surface area contributed by atoms with E-state index >= 15 is 0 Å². The predicted molar refractivity (Wildman–Crippen MR) is 595 cm³/mol. The maximum Gasteiger partial charge on any atom is 0.320 e. The van der Waals surface area contributed by atoms with Gasteiger partial charge in [0.05, 0.1) is 68.4 Å². The third-order valence-electron chi connectivity index (χ3n) is 27.4. The standard InChI is InChI=1S/C34H28N8O2.C34H31N3O2.C31H25N3O.C25H22N4O2/c1-17-9-10-18(2)24(13-17)39-33-40-32(41-34(44)42-33)37-21-12-11-19(3)25(15-21)38-26-14-20(4)29-28-27(26)31(43)23-8-6-5-7-22(23)30(28)36-16-35-29;1-19-11-14-26(20(2)17-19)35-33-36-30-23-9-7-8-10-24(23)32(38)25-13-16-28(31(37-33)29(25)30)39-27-15-12-22(18-21(27)3)34(4,5)6;1-31(2,3)20-13-15-21(16-14-20)34-25-17-24(19-9-5-4-6-10-19)29-27-26(25)30(35)23-12-8-7-11-22(23)28(27)32-18-33-29;1-14-9-10-18(15(2)13-14)27-25-28-20-8-4-6-17-22(20)23(29-25)21-16(24(17)31)5-3-7-19(21)26-11-12-30/h5-16,38H,1-4H3,(H3,37,39,40,41,42,44);7-18H,1-6H3,(H,35,36,37);4-18,34H,1-3H3;3-10,13,26,30H,11-12H2,1-2H3,(H,27,28,29). The molecule has 15 aromatic carbocycles. The first-order chi connectivity index (χ1) is 71.8. The Morgan fingerprint density at radius 3 is 1.42 bits per heavy atom. The van der Waals surface area contributed by atoms with Gasteiger partial charge in [-0.3, -0.25) is 19.2 Å². The van der Waals surface area contributed by atoms with E-state index in [1.165, 1.54) is 22.3 Å². The van der Waals surface area contributed by atoms with Crippen molar-refractivity contribution >= 4 is 142 Å². The first-order valence-electron chi connectivity index (χ1n) is 49.4. The van der Waals surface area contributed by atoms with Crippen LogP contribution in [0.3, 0.4) is 0 Å². The number of rotatable bonds is 18. The number of anilines is 13. The SMILES string of the molecule is CC(C)(C)c1ccc(Nc2cc(-c3ccccc3)c3ncnc4c3c2C(=O)c2ccccc2-4)cc1.Cc1ccc(C)c(Nc2nc(O)nc(Nc3ccc(C)c(Nc4cc(C)c5ncnc6c5c4C(=O)c4ccccc4-6)c3)n2)c1.Cc1ccc(Nc2nc3c4c(ccc(Oc5ccc(C(C)(C)C)cc5C)c4n2)C(=O)c2ccccc2-3)c(C)c1.Cc1ccc(Nc2nc3c4c(cccc4n2)C(=O)c2cccc(NCCO)c2-3)c(C)c1. The van der Waals surface area contributed by atoms with Crippen molar-refractivity contribution in [3.05, 3.63) is 397 Å². The number of hydrogen-bond acceptors (Lipinski definition) is 25. The Bertz CT molecular complexity index is 8920. The largest absolute Gasteiger partial charge is 0.479 e. The second-order valence-electron chi connectivity index (χ2n) is 40.1. The quantitative estimate of drug-likeness (QED) is 0.0385. The summed E-state index contributed by atoms with van der Waals surface area (Å²) in [6.07, 6.45) is 3.15. The molecule has 0 saturated carbocycles. The Balaban J connectivity index is 0.000000117. The summed E-state index contributed by atoms with van der Waals surface area (Å²) in [4.78, 5) is 105. The van der Waals surface area contributed by atoms with E-state index in [2.05, 4.69) is 208 Å². The number of aromatic nitrogens is 11. The van der Waals surface area contributed by atoms with Crippen LogP contribution in [0.4, 0.5) is 75.0 Å². The first kappa shape index (κ1) is 96.6. The molecule has 5 aromatic heterocycles. The number of nitrogens with one attached hydrogen (secondary N) is 7. The van der Waals surface area contributed by atoms with Crippen LogP contribution in [0.1, 0.15) is 166 Å². The number of hydrogen-bond donors (Lipinski definition) is 9. The van der Waals surface area contributed by atoms with E-state index in [0.717, 1.165) is 162 Å². The fraction of sp³-hybridized carbons (Fsp3) is 0.153. The summed E-state index contributed by atoms with van der Waals surface area (Å²) in [5.74, 6) is 2.49. The van der Waals surface area contributed by atoms with Crippen molar-refractivity contribution in [3.8, 4) is 73.7 Å². The maximum atomic E-state index is 13.9. The summed E-state index contributed by atoms with van der Waals surface area (Å²) >= 11 is 0. The van der Waals surface area contributed by atoms with Crippen molar-refractivity contribution in [2.24, 2.45) is 0 Å². The number of nitrogens with zero attached hydrogens (tertiary/aromatic N) is 11. The normalized spacial score (nSPS) is 12.2. The van der Waals surface area contributed by atoms with Crippen LogP contribution in [0, 0.1) is 62.3 Å². The molecule has 25 nitrogen and oxygen atoms in total. The summed E-state index contributed by atoms with van der Waals surface area (Å²) in [7, 11) is 0. The first-order valence-corrected chi connectivity index (χ1v) is 49.4. The van der Waals surface area contributed by atoms with Gasteiger partial charge in [-0.1, -0.05) is 247 Å². The molecule has 0 fully saturated rings. The zero-order valence-corrected chi connectivity index (χ0v) is 85.0. The van der Waals surface area contributed by atoms with Gasteiger partial charge in [-0.15, -0.1) is 0 Å². The average Bonchev–Trinajstić information content (AvgIpc) is 0.395. The molecule has 0 amide bonds. The molecule has 149 heavy (non-hydrogen) atoms. The Hall–Kier alpha value is -18.5. The second kappa shape index (κ2) is 39.2. The lowest BCUT2D eigenvalue weighted by Crippen LogP contribution is -2.15. The molecule has 0 aliphatic heterocycles. The highest BCUT2D eigenvalue weighted by Crippen LogP contribution is 2.50. The fourth-order valence-corrected chi connectivity index (χ4v) is 19.8. The topological polar surface area (TPSA) is 344 Å². The average molecular weight is 1960 g/mol. The highest BCUT2D eigenvalue weighted by atomic mass is 16.5. The van der Waals surface area contributed by atoms with Gasteiger partial charge in [-0.05, 0) is 214 Å². The molecule has 4 aliphatic carbocycles. The summed E-state index contributed by atoms with van der Waals surface area (Å²) in [5.41, 5.74) is 35.4.